The Labute approximate surface area is 113 Å². The van der Waals surface area contributed by atoms with Gasteiger partial charge in [-0.3, -0.25) is 4.79 Å². The fourth-order valence-corrected chi connectivity index (χ4v) is 2.01. The van der Waals surface area contributed by atoms with Crippen molar-refractivity contribution in [3.8, 4) is 0 Å². The first-order valence-corrected chi connectivity index (χ1v) is 6.19. The summed E-state index contributed by atoms with van der Waals surface area (Å²) < 4.78 is 2.32. The number of aromatic nitrogens is 3. The van der Waals surface area contributed by atoms with Crippen molar-refractivity contribution in [1.29, 1.82) is 0 Å². The lowest BCUT2D eigenvalue weighted by atomic mass is 10.1. The topological polar surface area (TPSA) is 76.5 Å². The maximum absolute atomic E-state index is 11.8. The van der Waals surface area contributed by atoms with Gasteiger partial charge in [0.1, 0.15) is 5.82 Å². The second-order valence-electron chi connectivity index (χ2n) is 4.25. The molecule has 2 heterocycles. The lowest BCUT2D eigenvalue weighted by Gasteiger charge is -2.13. The Hall–Kier alpha value is -1.63. The zero-order valence-corrected chi connectivity index (χ0v) is 12.0. The lowest BCUT2D eigenvalue weighted by Crippen LogP contribution is -2.25. The highest BCUT2D eigenvalue weighted by molar-refractivity contribution is 9.10. The van der Waals surface area contributed by atoms with E-state index in [0.717, 1.165) is 15.7 Å². The van der Waals surface area contributed by atoms with Crippen LogP contribution >= 0.6 is 15.9 Å². The molecular weight excluding hydrogens is 298 g/mol. The summed E-state index contributed by atoms with van der Waals surface area (Å²) in [5.41, 5.74) is 8.17. The summed E-state index contributed by atoms with van der Waals surface area (Å²) in [6.45, 7) is 1.84. The highest BCUT2D eigenvalue weighted by Crippen LogP contribution is 2.23. The highest BCUT2D eigenvalue weighted by Gasteiger charge is 2.16. The molecule has 2 aromatic heterocycles. The van der Waals surface area contributed by atoms with Crippen molar-refractivity contribution in [3.05, 3.63) is 21.9 Å². The van der Waals surface area contributed by atoms with E-state index in [2.05, 4.69) is 26.0 Å². The van der Waals surface area contributed by atoms with Gasteiger partial charge in [-0.2, -0.15) is 9.61 Å². The molecule has 0 radical (unpaired) electrons. The predicted octanol–water partition coefficient (Wildman–Crippen LogP) is 1.01. The second kappa shape index (κ2) is 4.56. The van der Waals surface area contributed by atoms with Crippen molar-refractivity contribution in [1.82, 2.24) is 19.5 Å². The van der Waals surface area contributed by atoms with Gasteiger partial charge in [0.2, 0.25) is 5.91 Å². The number of carbonyl (C=O) groups is 1. The van der Waals surface area contributed by atoms with E-state index in [-0.39, 0.29) is 12.3 Å². The number of carbonyl (C=O) groups excluding carboxylic acids is 1. The summed E-state index contributed by atoms with van der Waals surface area (Å²) in [5, 5.41) is 4.13. The fraction of sp³-hybridized carbons (Fsp3) is 0.364. The molecule has 0 aromatic carbocycles. The van der Waals surface area contributed by atoms with Crippen molar-refractivity contribution < 1.29 is 4.79 Å². The number of nitrogens with zero attached hydrogens (tertiary/aromatic N) is 4. The number of aryl methyl sites for hydroxylation is 1. The van der Waals surface area contributed by atoms with Crippen LogP contribution < -0.4 is 5.73 Å². The average Bonchev–Trinajstić information content (AvgIpc) is 2.66. The third-order valence-corrected chi connectivity index (χ3v) is 3.33. The van der Waals surface area contributed by atoms with Gasteiger partial charge in [0.25, 0.3) is 0 Å². The van der Waals surface area contributed by atoms with E-state index in [1.165, 1.54) is 9.42 Å². The Bertz CT molecular complexity index is 619. The lowest BCUT2D eigenvalue weighted by molar-refractivity contribution is -0.127. The number of hydrogen-bond donors (Lipinski definition) is 1. The molecule has 96 valence electrons. The first-order chi connectivity index (χ1) is 8.41. The van der Waals surface area contributed by atoms with E-state index in [1.807, 2.05) is 6.92 Å². The molecule has 7 heteroatoms. The van der Waals surface area contributed by atoms with Crippen LogP contribution in [0.15, 0.2) is 10.7 Å². The molecule has 0 spiro atoms. The summed E-state index contributed by atoms with van der Waals surface area (Å²) in [7, 11) is 3.43. The Kier molecular flexibility index (Phi) is 3.25. The molecule has 1 amide bonds. The van der Waals surface area contributed by atoms with Crippen LogP contribution in [0, 0.1) is 6.92 Å². The number of nitrogens with two attached hydrogens (primary N) is 1. The smallest absolute Gasteiger partial charge is 0.226 e. The maximum atomic E-state index is 11.8. The van der Waals surface area contributed by atoms with Crippen molar-refractivity contribution >= 4 is 33.3 Å². The second-order valence-corrected chi connectivity index (χ2v) is 5.11. The largest absolute Gasteiger partial charge is 0.383 e. The molecule has 0 aliphatic heterocycles. The SMILES string of the molecule is Cc1nc2c(Br)cnn2c(N)c1CC(=O)N(C)C. The van der Waals surface area contributed by atoms with Gasteiger partial charge in [0.15, 0.2) is 5.65 Å². The van der Waals surface area contributed by atoms with Gasteiger partial charge in [0.05, 0.1) is 17.1 Å². The van der Waals surface area contributed by atoms with Crippen molar-refractivity contribution in [3.63, 3.8) is 0 Å². The van der Waals surface area contributed by atoms with Crippen LogP contribution in [-0.2, 0) is 11.2 Å². The number of nitrogen functional groups attached to an aromatic ring is 1. The molecule has 2 N–H and O–H groups in total. The summed E-state index contributed by atoms with van der Waals surface area (Å²) in [5.74, 6) is 0.440. The number of anilines is 1. The number of rotatable bonds is 2. The van der Waals surface area contributed by atoms with E-state index in [9.17, 15) is 4.79 Å². The predicted molar refractivity (Wildman–Crippen MR) is 72.2 cm³/mol. The number of hydrogen-bond acceptors (Lipinski definition) is 4. The monoisotopic (exact) mass is 311 g/mol. The van der Waals surface area contributed by atoms with Gasteiger partial charge in [-0.15, -0.1) is 0 Å². The minimum absolute atomic E-state index is 0.0165. The van der Waals surface area contributed by atoms with Gasteiger partial charge < -0.3 is 10.6 Å². The normalized spacial score (nSPS) is 10.9. The van der Waals surface area contributed by atoms with Crippen molar-refractivity contribution in [2.45, 2.75) is 13.3 Å². The molecule has 0 saturated heterocycles. The van der Waals surface area contributed by atoms with Gasteiger partial charge in [-0.25, -0.2) is 4.98 Å². The van der Waals surface area contributed by atoms with Crippen LogP contribution in [0.2, 0.25) is 0 Å². The first-order valence-electron chi connectivity index (χ1n) is 5.40. The zero-order chi connectivity index (χ0) is 13.4. The van der Waals surface area contributed by atoms with Crippen LogP contribution in [0.3, 0.4) is 0 Å². The summed E-state index contributed by atoms with van der Waals surface area (Å²) >= 11 is 3.36. The molecule has 0 fully saturated rings. The first kappa shape index (κ1) is 12.8. The minimum Gasteiger partial charge on any atom is -0.383 e. The van der Waals surface area contributed by atoms with E-state index < -0.39 is 0 Å². The standard InChI is InChI=1S/C11H14BrN5O/c1-6-7(4-9(18)16(2)3)10(13)17-11(15-6)8(12)5-14-17/h5H,4,13H2,1-3H3. The average molecular weight is 312 g/mol. The fourth-order valence-electron chi connectivity index (χ4n) is 1.67. The van der Waals surface area contributed by atoms with Gasteiger partial charge >= 0.3 is 0 Å². The Morgan fingerprint density at radius 1 is 1.56 bits per heavy atom. The molecule has 6 nitrogen and oxygen atoms in total. The number of likely N-dealkylation sites (N-methyl/N-ethyl adjacent to an activating group) is 1. The van der Waals surface area contributed by atoms with E-state index in [1.54, 1.807) is 20.3 Å². The Balaban J connectivity index is 2.54. The number of halogens is 1. The van der Waals surface area contributed by atoms with Crippen LogP contribution in [0.4, 0.5) is 5.82 Å². The molecule has 2 rings (SSSR count). The molecule has 0 unspecified atom stereocenters. The molecule has 0 atom stereocenters. The highest BCUT2D eigenvalue weighted by atomic mass is 79.9. The molecule has 18 heavy (non-hydrogen) atoms. The third kappa shape index (κ3) is 2.05. The summed E-state index contributed by atoms with van der Waals surface area (Å²) in [6, 6.07) is 0. The molecule has 0 aliphatic carbocycles. The molecular formula is C11H14BrN5O. The van der Waals surface area contributed by atoms with E-state index in [4.69, 9.17) is 5.73 Å². The maximum Gasteiger partial charge on any atom is 0.226 e. The third-order valence-electron chi connectivity index (χ3n) is 2.78. The van der Waals surface area contributed by atoms with Crippen molar-refractivity contribution in [2.24, 2.45) is 0 Å². The number of fused-ring (bicyclic) bond motifs is 1. The van der Waals surface area contributed by atoms with Crippen LogP contribution in [0.5, 0.6) is 0 Å². The van der Waals surface area contributed by atoms with Gasteiger partial charge in [0, 0.05) is 25.4 Å². The molecule has 2 aromatic rings. The van der Waals surface area contributed by atoms with Crippen molar-refractivity contribution in [2.75, 3.05) is 19.8 Å². The quantitative estimate of drug-likeness (QED) is 0.898. The van der Waals surface area contributed by atoms with E-state index >= 15 is 0 Å². The molecule has 0 aliphatic rings. The van der Waals surface area contributed by atoms with Crippen LogP contribution in [0.25, 0.3) is 5.65 Å². The summed E-state index contributed by atoms with van der Waals surface area (Å²) in [6.07, 6.45) is 1.86. The van der Waals surface area contributed by atoms with Gasteiger partial charge in [-0.05, 0) is 22.9 Å². The Morgan fingerprint density at radius 2 is 2.22 bits per heavy atom. The molecule has 0 bridgehead atoms. The van der Waals surface area contributed by atoms with E-state index in [0.29, 0.717) is 11.5 Å². The minimum atomic E-state index is -0.0165. The van der Waals surface area contributed by atoms with Crippen LogP contribution in [0.1, 0.15) is 11.3 Å². The molecule has 0 saturated carbocycles. The van der Waals surface area contributed by atoms with Crippen LogP contribution in [-0.4, -0.2) is 39.5 Å². The van der Waals surface area contributed by atoms with Gasteiger partial charge in [-0.1, -0.05) is 0 Å². The Morgan fingerprint density at radius 3 is 2.83 bits per heavy atom. The summed E-state index contributed by atoms with van der Waals surface area (Å²) in [4.78, 5) is 17.7. The number of amides is 1. The zero-order valence-electron chi connectivity index (χ0n) is 10.4.